The van der Waals surface area contributed by atoms with Crippen LogP contribution in [0.4, 0.5) is 0 Å². The average Bonchev–Trinajstić information content (AvgIpc) is 2.69. The molecule has 0 atom stereocenters. The van der Waals surface area contributed by atoms with Gasteiger partial charge in [-0.1, -0.05) is 38.3 Å². The molecule has 2 N–H and O–H groups in total. The van der Waals surface area contributed by atoms with Crippen molar-refractivity contribution in [3.05, 3.63) is 53.6 Å². The van der Waals surface area contributed by atoms with Crippen LogP contribution in [-0.4, -0.2) is 31.3 Å². The molecule has 0 saturated heterocycles. The lowest BCUT2D eigenvalue weighted by Gasteiger charge is -2.12. The van der Waals surface area contributed by atoms with Gasteiger partial charge in [0.2, 0.25) is 0 Å². The highest BCUT2D eigenvalue weighted by Gasteiger charge is 2.11. The van der Waals surface area contributed by atoms with Crippen LogP contribution in [-0.2, 0) is 6.42 Å². The van der Waals surface area contributed by atoms with E-state index < -0.39 is 0 Å². The molecule has 27 heavy (non-hydrogen) atoms. The van der Waals surface area contributed by atoms with Gasteiger partial charge in [-0.3, -0.25) is 4.79 Å². The van der Waals surface area contributed by atoms with E-state index in [0.29, 0.717) is 36.6 Å². The number of phenolic OH excluding ortho intramolecular Hbond substituents is 1. The van der Waals surface area contributed by atoms with Gasteiger partial charge in [0.15, 0.2) is 11.5 Å². The summed E-state index contributed by atoms with van der Waals surface area (Å²) in [6.07, 6.45) is 5.20. The number of hydrogen-bond donors (Lipinski definition) is 2. The van der Waals surface area contributed by atoms with E-state index in [9.17, 15) is 9.90 Å². The quantitative estimate of drug-likeness (QED) is 0.577. The van der Waals surface area contributed by atoms with Crippen molar-refractivity contribution < 1.29 is 19.4 Å². The molecule has 0 spiro atoms. The molecule has 146 valence electrons. The van der Waals surface area contributed by atoms with E-state index >= 15 is 0 Å². The number of aromatic hydroxyl groups is 1. The molecule has 2 aromatic carbocycles. The molecular weight excluding hydrogens is 342 g/mol. The SMILES string of the molecule is CCCCCCOc1cc(C(=O)NCCc2ccc(O)cc2)ccc1OC. The van der Waals surface area contributed by atoms with Crippen LogP contribution in [0.5, 0.6) is 17.2 Å². The summed E-state index contributed by atoms with van der Waals surface area (Å²) in [7, 11) is 1.59. The number of phenols is 1. The fourth-order valence-electron chi connectivity index (χ4n) is 2.73. The molecular formula is C22H29NO4. The minimum atomic E-state index is -0.146. The van der Waals surface area contributed by atoms with Gasteiger partial charge >= 0.3 is 0 Å². The molecule has 0 aliphatic heterocycles. The first-order chi connectivity index (χ1) is 13.1. The molecule has 0 aliphatic carbocycles. The van der Waals surface area contributed by atoms with E-state index in [2.05, 4.69) is 12.2 Å². The van der Waals surface area contributed by atoms with Gasteiger partial charge < -0.3 is 19.9 Å². The monoisotopic (exact) mass is 371 g/mol. The molecule has 5 nitrogen and oxygen atoms in total. The predicted octanol–water partition coefficient (Wildman–Crippen LogP) is 4.33. The zero-order valence-corrected chi connectivity index (χ0v) is 16.2. The Hall–Kier alpha value is -2.69. The summed E-state index contributed by atoms with van der Waals surface area (Å²) in [5, 5.41) is 12.2. The Labute approximate surface area is 161 Å². The van der Waals surface area contributed by atoms with E-state index in [0.717, 1.165) is 18.4 Å². The van der Waals surface area contributed by atoms with Gasteiger partial charge in [0, 0.05) is 12.1 Å². The number of rotatable bonds is 11. The maximum Gasteiger partial charge on any atom is 0.251 e. The van der Waals surface area contributed by atoms with Gasteiger partial charge in [-0.2, -0.15) is 0 Å². The Kier molecular flexibility index (Phi) is 8.49. The topological polar surface area (TPSA) is 67.8 Å². The highest BCUT2D eigenvalue weighted by atomic mass is 16.5. The van der Waals surface area contributed by atoms with Crippen LogP contribution in [0.2, 0.25) is 0 Å². The number of unbranched alkanes of at least 4 members (excludes halogenated alkanes) is 3. The number of amides is 1. The van der Waals surface area contributed by atoms with Gasteiger partial charge in [-0.25, -0.2) is 0 Å². The van der Waals surface area contributed by atoms with E-state index in [1.165, 1.54) is 12.8 Å². The van der Waals surface area contributed by atoms with Crippen molar-refractivity contribution in [3.8, 4) is 17.2 Å². The number of carbonyl (C=O) groups excluding carboxylic acids is 1. The van der Waals surface area contributed by atoms with Crippen molar-refractivity contribution in [1.82, 2.24) is 5.32 Å². The zero-order valence-electron chi connectivity index (χ0n) is 16.2. The van der Waals surface area contributed by atoms with Crippen molar-refractivity contribution in [2.75, 3.05) is 20.3 Å². The Morgan fingerprint density at radius 1 is 1.04 bits per heavy atom. The van der Waals surface area contributed by atoms with Crippen LogP contribution in [0.1, 0.15) is 48.5 Å². The van der Waals surface area contributed by atoms with Crippen molar-refractivity contribution in [2.24, 2.45) is 0 Å². The summed E-state index contributed by atoms with van der Waals surface area (Å²) in [4.78, 5) is 12.4. The highest BCUT2D eigenvalue weighted by Crippen LogP contribution is 2.28. The number of benzene rings is 2. The third kappa shape index (κ3) is 6.85. The third-order valence-electron chi connectivity index (χ3n) is 4.32. The van der Waals surface area contributed by atoms with Gasteiger partial charge in [-0.15, -0.1) is 0 Å². The molecule has 0 saturated carbocycles. The second-order valence-electron chi connectivity index (χ2n) is 6.45. The smallest absolute Gasteiger partial charge is 0.251 e. The Morgan fingerprint density at radius 2 is 1.81 bits per heavy atom. The van der Waals surface area contributed by atoms with Crippen LogP contribution in [0.3, 0.4) is 0 Å². The number of nitrogens with one attached hydrogen (secondary N) is 1. The first kappa shape index (κ1) is 20.6. The lowest BCUT2D eigenvalue weighted by molar-refractivity contribution is 0.0953. The van der Waals surface area contributed by atoms with Gasteiger partial charge in [0.1, 0.15) is 5.75 Å². The highest BCUT2D eigenvalue weighted by molar-refractivity contribution is 5.94. The molecule has 0 aromatic heterocycles. The van der Waals surface area contributed by atoms with Gasteiger partial charge in [0.05, 0.1) is 13.7 Å². The molecule has 5 heteroatoms. The molecule has 0 fully saturated rings. The van der Waals surface area contributed by atoms with E-state index in [1.807, 2.05) is 12.1 Å². The molecule has 0 radical (unpaired) electrons. The molecule has 0 aliphatic rings. The average molecular weight is 371 g/mol. The molecule has 0 bridgehead atoms. The first-order valence-electron chi connectivity index (χ1n) is 9.51. The fourth-order valence-corrected chi connectivity index (χ4v) is 2.73. The molecule has 2 aromatic rings. The van der Waals surface area contributed by atoms with Crippen molar-refractivity contribution in [1.29, 1.82) is 0 Å². The minimum absolute atomic E-state index is 0.146. The normalized spacial score (nSPS) is 10.4. The Morgan fingerprint density at radius 3 is 2.52 bits per heavy atom. The van der Waals surface area contributed by atoms with Crippen LogP contribution < -0.4 is 14.8 Å². The van der Waals surface area contributed by atoms with Crippen molar-refractivity contribution in [3.63, 3.8) is 0 Å². The van der Waals surface area contributed by atoms with Gasteiger partial charge in [-0.05, 0) is 48.7 Å². The number of ether oxygens (including phenoxy) is 2. The predicted molar refractivity (Wildman–Crippen MR) is 107 cm³/mol. The van der Waals surface area contributed by atoms with Crippen LogP contribution in [0.25, 0.3) is 0 Å². The number of carbonyl (C=O) groups is 1. The molecule has 0 unspecified atom stereocenters. The molecule has 0 heterocycles. The van der Waals surface area contributed by atoms with Gasteiger partial charge in [0.25, 0.3) is 5.91 Å². The zero-order chi connectivity index (χ0) is 19.5. The van der Waals surface area contributed by atoms with E-state index in [1.54, 1.807) is 37.4 Å². The van der Waals surface area contributed by atoms with Crippen LogP contribution in [0, 0.1) is 0 Å². The standard InChI is InChI=1S/C22H29NO4/c1-3-4-5-6-15-27-21-16-18(9-12-20(21)26-2)22(25)23-14-13-17-7-10-19(24)11-8-17/h7-12,16,24H,3-6,13-15H2,1-2H3,(H,23,25). The third-order valence-corrected chi connectivity index (χ3v) is 4.32. The summed E-state index contributed by atoms with van der Waals surface area (Å²) in [6, 6.07) is 12.2. The largest absolute Gasteiger partial charge is 0.508 e. The number of hydrogen-bond acceptors (Lipinski definition) is 4. The second kappa shape index (κ2) is 11.1. The Balaban J connectivity index is 1.88. The fraction of sp³-hybridized carbons (Fsp3) is 0.409. The van der Waals surface area contributed by atoms with E-state index in [4.69, 9.17) is 9.47 Å². The maximum atomic E-state index is 12.4. The maximum absolute atomic E-state index is 12.4. The van der Waals surface area contributed by atoms with Crippen LogP contribution in [0.15, 0.2) is 42.5 Å². The summed E-state index contributed by atoms with van der Waals surface area (Å²) >= 11 is 0. The summed E-state index contributed by atoms with van der Waals surface area (Å²) < 4.78 is 11.2. The van der Waals surface area contributed by atoms with Crippen LogP contribution >= 0.6 is 0 Å². The lowest BCUT2D eigenvalue weighted by atomic mass is 10.1. The summed E-state index contributed by atoms with van der Waals surface area (Å²) in [6.45, 7) is 3.30. The minimum Gasteiger partial charge on any atom is -0.508 e. The second-order valence-corrected chi connectivity index (χ2v) is 6.45. The summed E-state index contributed by atoms with van der Waals surface area (Å²) in [5.74, 6) is 1.32. The summed E-state index contributed by atoms with van der Waals surface area (Å²) in [5.41, 5.74) is 1.60. The van der Waals surface area contributed by atoms with E-state index in [-0.39, 0.29) is 11.7 Å². The van der Waals surface area contributed by atoms with Crippen molar-refractivity contribution in [2.45, 2.75) is 39.0 Å². The lowest BCUT2D eigenvalue weighted by Crippen LogP contribution is -2.25. The Bertz CT molecular complexity index is 713. The molecule has 2 rings (SSSR count). The number of methoxy groups -OCH3 is 1. The molecule has 1 amide bonds. The first-order valence-corrected chi connectivity index (χ1v) is 9.51. The van der Waals surface area contributed by atoms with Crippen molar-refractivity contribution >= 4 is 5.91 Å².